The largest absolute Gasteiger partial charge is 0.383 e. The van der Waals surface area contributed by atoms with E-state index in [2.05, 4.69) is 10.4 Å². The summed E-state index contributed by atoms with van der Waals surface area (Å²) in [6, 6.07) is 3.89. The average molecular weight is 269 g/mol. The van der Waals surface area contributed by atoms with Gasteiger partial charge in [0.1, 0.15) is 17.2 Å². The molecule has 0 aliphatic heterocycles. The van der Waals surface area contributed by atoms with E-state index in [9.17, 15) is 9.18 Å². The number of nitrogen functional groups attached to an aromatic ring is 1. The molecule has 0 saturated carbocycles. The lowest BCUT2D eigenvalue weighted by Gasteiger charge is -2.06. The molecule has 0 saturated heterocycles. The van der Waals surface area contributed by atoms with Crippen LogP contribution in [0.1, 0.15) is 10.4 Å². The highest BCUT2D eigenvalue weighted by Crippen LogP contribution is 2.21. The van der Waals surface area contributed by atoms with Gasteiger partial charge in [-0.1, -0.05) is 11.6 Å². The van der Waals surface area contributed by atoms with E-state index in [0.29, 0.717) is 5.02 Å². The van der Waals surface area contributed by atoms with Gasteiger partial charge in [0.15, 0.2) is 0 Å². The first-order valence-corrected chi connectivity index (χ1v) is 5.40. The first-order valence-electron chi connectivity index (χ1n) is 5.03. The first kappa shape index (κ1) is 12.4. The fourth-order valence-electron chi connectivity index (χ4n) is 1.40. The summed E-state index contributed by atoms with van der Waals surface area (Å²) in [7, 11) is 1.60. The molecule has 1 aromatic heterocycles. The van der Waals surface area contributed by atoms with E-state index < -0.39 is 11.7 Å². The topological polar surface area (TPSA) is 72.9 Å². The van der Waals surface area contributed by atoms with Crippen LogP contribution in [0.5, 0.6) is 0 Å². The molecule has 0 radical (unpaired) electrons. The number of carbonyl (C=O) groups is 1. The van der Waals surface area contributed by atoms with Crippen molar-refractivity contribution in [2.24, 2.45) is 7.05 Å². The van der Waals surface area contributed by atoms with Gasteiger partial charge in [-0.2, -0.15) is 5.10 Å². The number of nitrogens with two attached hydrogens (primary N) is 1. The van der Waals surface area contributed by atoms with Gasteiger partial charge < -0.3 is 11.1 Å². The third-order valence-corrected chi connectivity index (χ3v) is 2.64. The molecule has 7 heteroatoms. The van der Waals surface area contributed by atoms with Gasteiger partial charge in [0.05, 0.1) is 11.9 Å². The predicted molar refractivity (Wildman–Crippen MR) is 67.0 cm³/mol. The van der Waals surface area contributed by atoms with Crippen molar-refractivity contribution in [1.82, 2.24) is 9.78 Å². The number of nitrogens with one attached hydrogen (secondary N) is 1. The first-order chi connectivity index (χ1) is 8.49. The number of aromatic nitrogens is 2. The van der Waals surface area contributed by atoms with Crippen LogP contribution in [-0.4, -0.2) is 15.7 Å². The Kier molecular flexibility index (Phi) is 3.20. The van der Waals surface area contributed by atoms with Crippen LogP contribution in [0.15, 0.2) is 24.4 Å². The summed E-state index contributed by atoms with van der Waals surface area (Å²) in [5.41, 5.74) is 5.82. The number of anilines is 2. The molecule has 1 amide bonds. The Bertz CT molecular complexity index is 611. The van der Waals surface area contributed by atoms with Gasteiger partial charge in [-0.15, -0.1) is 0 Å². The minimum Gasteiger partial charge on any atom is -0.383 e. The number of halogens is 2. The molecule has 2 rings (SSSR count). The van der Waals surface area contributed by atoms with E-state index in [1.807, 2.05) is 0 Å². The highest BCUT2D eigenvalue weighted by atomic mass is 35.5. The predicted octanol–water partition coefficient (Wildman–Crippen LogP) is 2.05. The summed E-state index contributed by atoms with van der Waals surface area (Å²) in [4.78, 5) is 11.9. The fourth-order valence-corrected chi connectivity index (χ4v) is 1.58. The Morgan fingerprint density at radius 1 is 1.56 bits per heavy atom. The highest BCUT2D eigenvalue weighted by molar-refractivity contribution is 6.31. The molecule has 0 fully saturated rings. The number of rotatable bonds is 2. The Labute approximate surface area is 107 Å². The van der Waals surface area contributed by atoms with Crippen molar-refractivity contribution in [1.29, 1.82) is 0 Å². The van der Waals surface area contributed by atoms with E-state index in [0.717, 1.165) is 0 Å². The SMILES string of the molecule is Cn1ncc(C(=O)Nc2cc(Cl)ccc2F)c1N. The second kappa shape index (κ2) is 4.66. The van der Waals surface area contributed by atoms with Crippen molar-refractivity contribution < 1.29 is 9.18 Å². The normalized spacial score (nSPS) is 10.4. The van der Waals surface area contributed by atoms with Gasteiger partial charge in [0.2, 0.25) is 0 Å². The Morgan fingerprint density at radius 3 is 2.89 bits per heavy atom. The van der Waals surface area contributed by atoms with Gasteiger partial charge >= 0.3 is 0 Å². The number of nitrogens with zero attached hydrogens (tertiary/aromatic N) is 2. The Hall–Kier alpha value is -2.08. The van der Waals surface area contributed by atoms with E-state index in [1.54, 1.807) is 7.05 Å². The zero-order valence-electron chi connectivity index (χ0n) is 9.45. The summed E-state index contributed by atoms with van der Waals surface area (Å²) in [5.74, 6) is -0.910. The molecule has 2 aromatic rings. The molecule has 1 aromatic carbocycles. The molecule has 5 nitrogen and oxygen atoms in total. The summed E-state index contributed by atoms with van der Waals surface area (Å²) >= 11 is 5.72. The van der Waals surface area contributed by atoms with Crippen LogP contribution in [0, 0.1) is 5.82 Å². The van der Waals surface area contributed by atoms with Crippen molar-refractivity contribution in [3.8, 4) is 0 Å². The second-order valence-electron chi connectivity index (χ2n) is 3.65. The van der Waals surface area contributed by atoms with Crippen LogP contribution < -0.4 is 11.1 Å². The van der Waals surface area contributed by atoms with E-state index in [4.69, 9.17) is 17.3 Å². The molecule has 0 aliphatic rings. The third-order valence-electron chi connectivity index (χ3n) is 2.41. The second-order valence-corrected chi connectivity index (χ2v) is 4.08. The molecule has 3 N–H and O–H groups in total. The molecule has 0 bridgehead atoms. The van der Waals surface area contributed by atoms with Crippen molar-refractivity contribution in [2.45, 2.75) is 0 Å². The maximum atomic E-state index is 13.4. The summed E-state index contributed by atoms with van der Waals surface area (Å²) in [6.07, 6.45) is 1.31. The zero-order valence-corrected chi connectivity index (χ0v) is 10.2. The Morgan fingerprint density at radius 2 is 2.28 bits per heavy atom. The van der Waals surface area contributed by atoms with Crippen molar-refractivity contribution in [2.75, 3.05) is 11.1 Å². The number of benzene rings is 1. The lowest BCUT2D eigenvalue weighted by molar-refractivity contribution is 0.102. The molecule has 0 aliphatic carbocycles. The molecule has 94 valence electrons. The summed E-state index contributed by atoms with van der Waals surface area (Å²) in [5, 5.41) is 6.54. The third kappa shape index (κ3) is 2.28. The highest BCUT2D eigenvalue weighted by Gasteiger charge is 2.15. The quantitative estimate of drug-likeness (QED) is 0.875. The van der Waals surface area contributed by atoms with Crippen LogP contribution in [0.2, 0.25) is 5.02 Å². The average Bonchev–Trinajstić information content (AvgIpc) is 2.65. The molecular weight excluding hydrogens is 259 g/mol. The zero-order chi connectivity index (χ0) is 13.3. The molecule has 0 atom stereocenters. The minimum atomic E-state index is -0.574. The molecule has 1 heterocycles. The lowest BCUT2D eigenvalue weighted by Crippen LogP contribution is -2.14. The van der Waals surface area contributed by atoms with Crippen molar-refractivity contribution in [3.05, 3.63) is 40.8 Å². The Balaban J connectivity index is 2.27. The summed E-state index contributed by atoms with van der Waals surface area (Å²) in [6.45, 7) is 0. The number of hydrogen-bond donors (Lipinski definition) is 2. The number of amides is 1. The van der Waals surface area contributed by atoms with Crippen molar-refractivity contribution >= 4 is 29.0 Å². The van der Waals surface area contributed by atoms with Crippen LogP contribution in [0.25, 0.3) is 0 Å². The van der Waals surface area contributed by atoms with E-state index in [-0.39, 0.29) is 17.1 Å². The van der Waals surface area contributed by atoms with Gasteiger partial charge in [-0.05, 0) is 18.2 Å². The van der Waals surface area contributed by atoms with Gasteiger partial charge in [0, 0.05) is 12.1 Å². The van der Waals surface area contributed by atoms with Crippen molar-refractivity contribution in [3.63, 3.8) is 0 Å². The maximum Gasteiger partial charge on any atom is 0.261 e. The maximum absolute atomic E-state index is 13.4. The van der Waals surface area contributed by atoms with Crippen LogP contribution >= 0.6 is 11.6 Å². The molecular formula is C11H10ClFN4O. The smallest absolute Gasteiger partial charge is 0.261 e. The monoisotopic (exact) mass is 268 g/mol. The fraction of sp³-hybridized carbons (Fsp3) is 0.0909. The van der Waals surface area contributed by atoms with Crippen LogP contribution in [0.4, 0.5) is 15.9 Å². The molecule has 18 heavy (non-hydrogen) atoms. The number of aryl methyl sites for hydroxylation is 1. The van der Waals surface area contributed by atoms with Gasteiger partial charge in [-0.25, -0.2) is 4.39 Å². The molecule has 0 unspecified atom stereocenters. The molecule has 0 spiro atoms. The summed E-state index contributed by atoms with van der Waals surface area (Å²) < 4.78 is 14.8. The van der Waals surface area contributed by atoms with Gasteiger partial charge in [-0.3, -0.25) is 9.48 Å². The standard InChI is InChI=1S/C11H10ClFN4O/c1-17-10(14)7(5-15-17)11(18)16-9-4-6(12)2-3-8(9)13/h2-5H,14H2,1H3,(H,16,18). The number of carbonyl (C=O) groups excluding carboxylic acids is 1. The number of hydrogen-bond acceptors (Lipinski definition) is 3. The van der Waals surface area contributed by atoms with Crippen LogP contribution in [-0.2, 0) is 7.05 Å². The van der Waals surface area contributed by atoms with E-state index in [1.165, 1.54) is 29.1 Å². The lowest BCUT2D eigenvalue weighted by atomic mass is 10.2. The van der Waals surface area contributed by atoms with Crippen LogP contribution in [0.3, 0.4) is 0 Å². The van der Waals surface area contributed by atoms with Gasteiger partial charge in [0.25, 0.3) is 5.91 Å². The van der Waals surface area contributed by atoms with E-state index >= 15 is 0 Å². The minimum absolute atomic E-state index is 0.00393.